The van der Waals surface area contributed by atoms with Crippen molar-refractivity contribution in [1.82, 2.24) is 29.6 Å². The van der Waals surface area contributed by atoms with Crippen LogP contribution in [0.15, 0.2) is 12.4 Å². The first-order valence-corrected chi connectivity index (χ1v) is 9.24. The maximum Gasteiger partial charge on any atom is 0.200 e. The summed E-state index contributed by atoms with van der Waals surface area (Å²) in [5.41, 5.74) is 2.99. The SMILES string of the molecule is Cc1cc(N2CCC(N3CCN(CCO)CC3)CC2)c2nncn2n1. The van der Waals surface area contributed by atoms with E-state index < -0.39 is 0 Å². The highest BCUT2D eigenvalue weighted by atomic mass is 16.3. The zero-order chi connectivity index (χ0) is 17.2. The van der Waals surface area contributed by atoms with Gasteiger partial charge in [0, 0.05) is 51.9 Å². The van der Waals surface area contributed by atoms with Gasteiger partial charge in [-0.25, -0.2) is 0 Å². The van der Waals surface area contributed by atoms with Crippen molar-refractivity contribution in [2.45, 2.75) is 25.8 Å². The smallest absolute Gasteiger partial charge is 0.200 e. The molecule has 0 spiro atoms. The highest BCUT2D eigenvalue weighted by molar-refractivity contribution is 5.68. The molecule has 25 heavy (non-hydrogen) atoms. The summed E-state index contributed by atoms with van der Waals surface area (Å²) < 4.78 is 1.77. The monoisotopic (exact) mass is 345 g/mol. The van der Waals surface area contributed by atoms with Crippen molar-refractivity contribution in [2.24, 2.45) is 0 Å². The lowest BCUT2D eigenvalue weighted by Gasteiger charge is -2.43. The van der Waals surface area contributed by atoms with Gasteiger partial charge >= 0.3 is 0 Å². The molecule has 0 bridgehead atoms. The van der Waals surface area contributed by atoms with E-state index in [1.54, 1.807) is 10.8 Å². The summed E-state index contributed by atoms with van der Waals surface area (Å²) >= 11 is 0. The fourth-order valence-electron chi connectivity index (χ4n) is 4.13. The van der Waals surface area contributed by atoms with Gasteiger partial charge in [-0.15, -0.1) is 10.2 Å². The van der Waals surface area contributed by atoms with E-state index in [1.165, 1.54) is 12.8 Å². The Morgan fingerprint density at radius 2 is 1.88 bits per heavy atom. The molecule has 0 atom stereocenters. The molecular formula is C17H27N7O. The van der Waals surface area contributed by atoms with E-state index in [0.717, 1.165) is 62.8 Å². The summed E-state index contributed by atoms with van der Waals surface area (Å²) in [6.45, 7) is 9.57. The number of anilines is 1. The second-order valence-electron chi connectivity index (χ2n) is 7.09. The number of aromatic nitrogens is 4. The quantitative estimate of drug-likeness (QED) is 0.837. The highest BCUT2D eigenvalue weighted by Gasteiger charge is 2.28. The van der Waals surface area contributed by atoms with Crippen molar-refractivity contribution in [2.75, 3.05) is 57.3 Å². The number of aliphatic hydroxyl groups excluding tert-OH is 1. The number of piperazine rings is 1. The largest absolute Gasteiger partial charge is 0.395 e. The number of aliphatic hydroxyl groups is 1. The van der Waals surface area contributed by atoms with Crippen LogP contribution in [-0.2, 0) is 0 Å². The van der Waals surface area contributed by atoms with Gasteiger partial charge in [0.25, 0.3) is 0 Å². The lowest BCUT2D eigenvalue weighted by Crippen LogP contribution is -2.53. The molecule has 0 unspecified atom stereocenters. The Kier molecular flexibility index (Phi) is 4.82. The van der Waals surface area contributed by atoms with Crippen LogP contribution in [0.4, 0.5) is 5.69 Å². The molecule has 4 rings (SSSR count). The number of rotatable bonds is 4. The van der Waals surface area contributed by atoms with Crippen molar-refractivity contribution < 1.29 is 5.11 Å². The van der Waals surface area contributed by atoms with Crippen LogP contribution in [0, 0.1) is 6.92 Å². The molecule has 4 heterocycles. The lowest BCUT2D eigenvalue weighted by atomic mass is 10.0. The first-order chi connectivity index (χ1) is 12.2. The van der Waals surface area contributed by atoms with Gasteiger partial charge in [-0.1, -0.05) is 0 Å². The van der Waals surface area contributed by atoms with Crippen LogP contribution < -0.4 is 4.90 Å². The number of β-amino-alcohol motifs (C(OH)–C–C–N with tert-alkyl or cyclic N) is 1. The van der Waals surface area contributed by atoms with E-state index in [0.29, 0.717) is 6.04 Å². The second-order valence-corrected chi connectivity index (χ2v) is 7.09. The lowest BCUT2D eigenvalue weighted by molar-refractivity contribution is 0.0747. The standard InChI is InChI=1S/C17H27N7O/c1-14-12-16(17-19-18-13-24(17)20-14)23-4-2-15(3-5-23)22-8-6-21(7-9-22)10-11-25/h12-13,15,25H,2-11H2,1H3. The predicted molar refractivity (Wildman–Crippen MR) is 95.9 cm³/mol. The second kappa shape index (κ2) is 7.23. The first-order valence-electron chi connectivity index (χ1n) is 9.24. The van der Waals surface area contributed by atoms with E-state index in [-0.39, 0.29) is 6.61 Å². The van der Waals surface area contributed by atoms with Crippen LogP contribution in [0.5, 0.6) is 0 Å². The van der Waals surface area contributed by atoms with Crippen LogP contribution in [0.25, 0.3) is 5.65 Å². The Morgan fingerprint density at radius 3 is 2.60 bits per heavy atom. The van der Waals surface area contributed by atoms with E-state index >= 15 is 0 Å². The molecule has 136 valence electrons. The Labute approximate surface area is 148 Å². The highest BCUT2D eigenvalue weighted by Crippen LogP contribution is 2.26. The third-order valence-electron chi connectivity index (χ3n) is 5.52. The molecule has 0 aliphatic carbocycles. The average Bonchev–Trinajstić information content (AvgIpc) is 3.10. The van der Waals surface area contributed by atoms with Gasteiger partial charge in [-0.2, -0.15) is 9.61 Å². The molecule has 1 N–H and O–H groups in total. The normalized spacial score (nSPS) is 21.3. The fraction of sp³-hybridized carbons (Fsp3) is 0.706. The Hall–Kier alpha value is -1.77. The molecule has 0 aromatic carbocycles. The Balaban J connectivity index is 1.38. The number of hydrogen-bond acceptors (Lipinski definition) is 7. The van der Waals surface area contributed by atoms with Crippen LogP contribution in [0.2, 0.25) is 0 Å². The van der Waals surface area contributed by atoms with Crippen molar-refractivity contribution in [1.29, 1.82) is 0 Å². The number of piperidine rings is 1. The van der Waals surface area contributed by atoms with E-state index in [9.17, 15) is 0 Å². The van der Waals surface area contributed by atoms with Crippen LogP contribution in [-0.4, -0.2) is 93.2 Å². The number of nitrogens with zero attached hydrogens (tertiary/aromatic N) is 7. The third kappa shape index (κ3) is 3.47. The Bertz CT molecular complexity index is 702. The van der Waals surface area contributed by atoms with E-state index in [1.807, 2.05) is 6.92 Å². The molecule has 8 heteroatoms. The van der Waals surface area contributed by atoms with Crippen LogP contribution in [0.1, 0.15) is 18.5 Å². The third-order valence-corrected chi connectivity index (χ3v) is 5.52. The number of hydrogen-bond donors (Lipinski definition) is 1. The van der Waals surface area contributed by atoms with Gasteiger partial charge in [-0.3, -0.25) is 9.80 Å². The maximum absolute atomic E-state index is 9.07. The van der Waals surface area contributed by atoms with Gasteiger partial charge < -0.3 is 10.0 Å². The first kappa shape index (κ1) is 16.7. The van der Waals surface area contributed by atoms with E-state index in [2.05, 4.69) is 36.1 Å². The summed E-state index contributed by atoms with van der Waals surface area (Å²) in [4.78, 5) is 7.42. The van der Waals surface area contributed by atoms with Crippen LogP contribution in [0.3, 0.4) is 0 Å². The number of aryl methyl sites for hydroxylation is 1. The van der Waals surface area contributed by atoms with Crippen molar-refractivity contribution in [3.05, 3.63) is 18.1 Å². The molecule has 0 radical (unpaired) electrons. The average molecular weight is 345 g/mol. The molecule has 2 aliphatic rings. The summed E-state index contributed by atoms with van der Waals surface area (Å²) in [5, 5.41) is 21.8. The van der Waals surface area contributed by atoms with E-state index in [4.69, 9.17) is 5.11 Å². The molecule has 0 amide bonds. The minimum atomic E-state index is 0.265. The number of fused-ring (bicyclic) bond motifs is 1. The van der Waals surface area contributed by atoms with Crippen molar-refractivity contribution >= 4 is 11.3 Å². The summed E-state index contributed by atoms with van der Waals surface area (Å²) in [6.07, 6.45) is 4.04. The predicted octanol–water partition coefficient (Wildman–Crippen LogP) is 0.0114. The topological polar surface area (TPSA) is 73.0 Å². The molecule has 0 saturated carbocycles. The van der Waals surface area contributed by atoms with Crippen molar-refractivity contribution in [3.63, 3.8) is 0 Å². The van der Waals surface area contributed by atoms with Crippen LogP contribution >= 0.6 is 0 Å². The van der Waals surface area contributed by atoms with Gasteiger partial charge in [0.1, 0.15) is 6.33 Å². The summed E-state index contributed by atoms with van der Waals surface area (Å²) in [5.74, 6) is 0. The Morgan fingerprint density at radius 1 is 1.12 bits per heavy atom. The minimum Gasteiger partial charge on any atom is -0.395 e. The van der Waals surface area contributed by atoms with Gasteiger partial charge in [0.2, 0.25) is 5.65 Å². The van der Waals surface area contributed by atoms with Gasteiger partial charge in [0.15, 0.2) is 0 Å². The van der Waals surface area contributed by atoms with Gasteiger partial charge in [0.05, 0.1) is 18.0 Å². The molecule has 2 fully saturated rings. The molecule has 2 aromatic rings. The molecule has 2 aliphatic heterocycles. The zero-order valence-electron chi connectivity index (χ0n) is 14.9. The fourth-order valence-corrected chi connectivity index (χ4v) is 4.13. The maximum atomic E-state index is 9.07. The molecule has 2 aromatic heterocycles. The molecule has 8 nitrogen and oxygen atoms in total. The zero-order valence-corrected chi connectivity index (χ0v) is 14.9. The van der Waals surface area contributed by atoms with Gasteiger partial charge in [-0.05, 0) is 25.8 Å². The molecular weight excluding hydrogens is 318 g/mol. The molecule has 2 saturated heterocycles. The summed E-state index contributed by atoms with van der Waals surface area (Å²) in [7, 11) is 0. The van der Waals surface area contributed by atoms with Crippen molar-refractivity contribution in [3.8, 4) is 0 Å². The minimum absolute atomic E-state index is 0.265. The summed E-state index contributed by atoms with van der Waals surface area (Å²) in [6, 6.07) is 2.79.